The van der Waals surface area contributed by atoms with E-state index in [9.17, 15) is 4.79 Å². The lowest BCUT2D eigenvalue weighted by Gasteiger charge is -2.06. The molecule has 0 radical (unpaired) electrons. The Morgan fingerprint density at radius 3 is 2.88 bits per heavy atom. The first-order valence-corrected chi connectivity index (χ1v) is 7.95. The standard InChI is InChI=1S/C18H13ClN4O2/c1-25-18-6-14-16(10-24)22-23(17(14)8-21-18)9-11-2-3-15-12(4-11)5-13(19)7-20-15/h2-8,10H,9H2,1H3. The number of methoxy groups -OCH3 is 1. The molecule has 3 heterocycles. The predicted octanol–water partition coefficient (Wildman–Crippen LogP) is 3.50. The number of aromatic nitrogens is 4. The molecule has 0 unspecified atom stereocenters. The van der Waals surface area contributed by atoms with E-state index in [-0.39, 0.29) is 0 Å². The molecule has 0 atom stereocenters. The molecule has 0 saturated heterocycles. The number of aldehydes is 1. The van der Waals surface area contributed by atoms with Gasteiger partial charge in [0.05, 0.1) is 35.9 Å². The minimum absolute atomic E-state index is 0.362. The highest BCUT2D eigenvalue weighted by molar-refractivity contribution is 6.31. The molecule has 0 aliphatic rings. The lowest BCUT2D eigenvalue weighted by molar-refractivity contribution is 0.111. The van der Waals surface area contributed by atoms with Crippen molar-refractivity contribution >= 4 is 39.7 Å². The lowest BCUT2D eigenvalue weighted by Crippen LogP contribution is -2.02. The summed E-state index contributed by atoms with van der Waals surface area (Å²) in [7, 11) is 1.54. The molecule has 0 saturated carbocycles. The predicted molar refractivity (Wildman–Crippen MR) is 95.3 cm³/mol. The first kappa shape index (κ1) is 15.5. The van der Waals surface area contributed by atoms with Crippen molar-refractivity contribution in [3.05, 3.63) is 59.0 Å². The van der Waals surface area contributed by atoms with Gasteiger partial charge in [0.25, 0.3) is 0 Å². The number of halogens is 1. The Morgan fingerprint density at radius 2 is 2.08 bits per heavy atom. The van der Waals surface area contributed by atoms with Gasteiger partial charge in [-0.3, -0.25) is 14.5 Å². The SMILES string of the molecule is COc1cc2c(C=O)nn(Cc3ccc4ncc(Cl)cc4c3)c2cn1. The fraction of sp³-hybridized carbons (Fsp3) is 0.111. The van der Waals surface area contributed by atoms with Gasteiger partial charge in [0.1, 0.15) is 5.69 Å². The number of pyridine rings is 2. The van der Waals surface area contributed by atoms with Gasteiger partial charge < -0.3 is 4.74 Å². The van der Waals surface area contributed by atoms with Gasteiger partial charge in [0.2, 0.25) is 5.88 Å². The third-order valence-electron chi connectivity index (χ3n) is 4.01. The summed E-state index contributed by atoms with van der Waals surface area (Å²) in [6.07, 6.45) is 4.02. The molecule has 1 aromatic carbocycles. The van der Waals surface area contributed by atoms with E-state index in [2.05, 4.69) is 15.1 Å². The molecular formula is C18H13ClN4O2. The van der Waals surface area contributed by atoms with Gasteiger partial charge >= 0.3 is 0 Å². The molecule has 0 aliphatic carbocycles. The second-order valence-corrected chi connectivity index (χ2v) is 6.02. The molecule has 0 fully saturated rings. The fourth-order valence-corrected chi connectivity index (χ4v) is 2.99. The van der Waals surface area contributed by atoms with Crippen LogP contribution in [0.4, 0.5) is 0 Å². The molecule has 6 nitrogen and oxygen atoms in total. The van der Waals surface area contributed by atoms with Crippen LogP contribution in [0.3, 0.4) is 0 Å². The second-order valence-electron chi connectivity index (χ2n) is 5.59. The Bertz CT molecular complexity index is 1110. The van der Waals surface area contributed by atoms with Crippen LogP contribution >= 0.6 is 11.6 Å². The smallest absolute Gasteiger partial charge is 0.213 e. The van der Waals surface area contributed by atoms with Gasteiger partial charge in [0, 0.05) is 23.0 Å². The van der Waals surface area contributed by atoms with E-state index in [1.54, 1.807) is 23.1 Å². The van der Waals surface area contributed by atoms with Crippen LogP contribution in [0, 0.1) is 0 Å². The van der Waals surface area contributed by atoms with Crippen LogP contribution in [0.2, 0.25) is 5.02 Å². The van der Waals surface area contributed by atoms with Crippen LogP contribution in [-0.4, -0.2) is 33.1 Å². The zero-order valence-corrected chi connectivity index (χ0v) is 14.1. The number of carbonyl (C=O) groups is 1. The van der Waals surface area contributed by atoms with Gasteiger partial charge in [-0.2, -0.15) is 5.10 Å². The fourth-order valence-electron chi connectivity index (χ4n) is 2.82. The molecule has 0 bridgehead atoms. The molecule has 0 spiro atoms. The van der Waals surface area contributed by atoms with Crippen molar-refractivity contribution in [3.8, 4) is 5.88 Å². The maximum atomic E-state index is 11.3. The van der Waals surface area contributed by atoms with E-state index >= 15 is 0 Å². The van der Waals surface area contributed by atoms with Crippen molar-refractivity contribution in [2.75, 3.05) is 7.11 Å². The second kappa shape index (κ2) is 6.14. The molecule has 4 aromatic rings. The summed E-state index contributed by atoms with van der Waals surface area (Å²) in [4.78, 5) is 19.8. The molecule has 0 N–H and O–H groups in total. The Morgan fingerprint density at radius 1 is 1.20 bits per heavy atom. The van der Waals surface area contributed by atoms with Crippen LogP contribution in [-0.2, 0) is 6.54 Å². The lowest BCUT2D eigenvalue weighted by atomic mass is 10.1. The van der Waals surface area contributed by atoms with Crippen molar-refractivity contribution in [3.63, 3.8) is 0 Å². The highest BCUT2D eigenvalue weighted by atomic mass is 35.5. The molecule has 0 aliphatic heterocycles. The number of hydrogen-bond acceptors (Lipinski definition) is 5. The summed E-state index contributed by atoms with van der Waals surface area (Å²) in [5.74, 6) is 0.446. The van der Waals surface area contributed by atoms with E-state index in [4.69, 9.17) is 16.3 Å². The zero-order chi connectivity index (χ0) is 17.4. The average Bonchev–Trinajstić information content (AvgIpc) is 2.98. The Balaban J connectivity index is 1.79. The van der Waals surface area contributed by atoms with E-state index < -0.39 is 0 Å². The van der Waals surface area contributed by atoms with E-state index in [1.165, 1.54) is 7.11 Å². The first-order valence-electron chi connectivity index (χ1n) is 7.58. The van der Waals surface area contributed by atoms with Crippen molar-refractivity contribution < 1.29 is 9.53 Å². The number of fused-ring (bicyclic) bond motifs is 2. The van der Waals surface area contributed by atoms with Crippen molar-refractivity contribution in [2.45, 2.75) is 6.54 Å². The van der Waals surface area contributed by atoms with E-state index in [1.807, 2.05) is 24.3 Å². The Kier molecular flexibility index (Phi) is 3.82. The maximum absolute atomic E-state index is 11.3. The summed E-state index contributed by atoms with van der Waals surface area (Å²) < 4.78 is 6.88. The third-order valence-corrected chi connectivity index (χ3v) is 4.21. The number of rotatable bonds is 4. The number of hydrogen-bond donors (Lipinski definition) is 0. The highest BCUT2D eigenvalue weighted by Crippen LogP contribution is 2.23. The minimum Gasteiger partial charge on any atom is -0.481 e. The summed E-state index contributed by atoms with van der Waals surface area (Å²) >= 11 is 6.02. The summed E-state index contributed by atoms with van der Waals surface area (Å²) in [6, 6.07) is 9.52. The summed E-state index contributed by atoms with van der Waals surface area (Å²) in [5, 5.41) is 6.65. The van der Waals surface area contributed by atoms with Gasteiger partial charge in [0.15, 0.2) is 6.29 Å². The number of benzene rings is 1. The van der Waals surface area contributed by atoms with Gasteiger partial charge in [-0.1, -0.05) is 17.7 Å². The Labute approximate surface area is 148 Å². The summed E-state index contributed by atoms with van der Waals surface area (Å²) in [5.41, 5.74) is 3.03. The molecule has 25 heavy (non-hydrogen) atoms. The highest BCUT2D eigenvalue weighted by Gasteiger charge is 2.12. The van der Waals surface area contributed by atoms with Crippen molar-refractivity contribution in [1.82, 2.24) is 19.7 Å². The quantitative estimate of drug-likeness (QED) is 0.526. The first-order chi connectivity index (χ1) is 12.2. The van der Waals surface area contributed by atoms with Crippen LogP contribution in [0.25, 0.3) is 21.8 Å². The number of carbonyl (C=O) groups excluding carboxylic acids is 1. The van der Waals surface area contributed by atoms with Crippen LogP contribution in [0.1, 0.15) is 16.1 Å². The third kappa shape index (κ3) is 2.81. The average molecular weight is 353 g/mol. The van der Waals surface area contributed by atoms with Gasteiger partial charge in [-0.15, -0.1) is 0 Å². The van der Waals surface area contributed by atoms with E-state index in [0.29, 0.717) is 28.5 Å². The van der Waals surface area contributed by atoms with Gasteiger partial charge in [-0.05, 0) is 23.8 Å². The van der Waals surface area contributed by atoms with Crippen LogP contribution in [0.5, 0.6) is 5.88 Å². The van der Waals surface area contributed by atoms with Crippen molar-refractivity contribution in [2.24, 2.45) is 0 Å². The van der Waals surface area contributed by atoms with Crippen molar-refractivity contribution in [1.29, 1.82) is 0 Å². The molecule has 4 rings (SSSR count). The molecule has 0 amide bonds. The molecular weight excluding hydrogens is 340 g/mol. The van der Waals surface area contributed by atoms with Crippen LogP contribution < -0.4 is 4.74 Å². The topological polar surface area (TPSA) is 69.9 Å². The number of nitrogens with zero attached hydrogens (tertiary/aromatic N) is 4. The summed E-state index contributed by atoms with van der Waals surface area (Å²) in [6.45, 7) is 0.501. The maximum Gasteiger partial charge on any atom is 0.213 e. The molecule has 7 heteroatoms. The normalized spacial score (nSPS) is 11.1. The minimum atomic E-state index is 0.362. The Hall–Kier alpha value is -2.99. The van der Waals surface area contributed by atoms with Gasteiger partial charge in [-0.25, -0.2) is 4.98 Å². The number of ether oxygens (including phenoxy) is 1. The zero-order valence-electron chi connectivity index (χ0n) is 13.3. The van der Waals surface area contributed by atoms with E-state index in [0.717, 1.165) is 28.3 Å². The van der Waals surface area contributed by atoms with Crippen LogP contribution in [0.15, 0.2) is 42.7 Å². The largest absolute Gasteiger partial charge is 0.481 e. The molecule has 124 valence electrons. The molecule has 3 aromatic heterocycles. The monoisotopic (exact) mass is 352 g/mol.